The van der Waals surface area contributed by atoms with Crippen LogP contribution in [0.5, 0.6) is 5.75 Å². The maximum absolute atomic E-state index is 13.5. The minimum Gasteiger partial charge on any atom is -0.508 e. The Labute approximate surface area is 141 Å². The summed E-state index contributed by atoms with van der Waals surface area (Å²) < 4.78 is 40.7. The topological polar surface area (TPSA) is 74.7 Å². The Balaban J connectivity index is 1.76. The molecule has 5 nitrogen and oxygen atoms in total. The van der Waals surface area contributed by atoms with Gasteiger partial charge in [0.1, 0.15) is 17.3 Å². The molecule has 1 saturated carbocycles. The van der Waals surface area contributed by atoms with Crippen molar-refractivity contribution in [2.45, 2.75) is 49.7 Å². The molecule has 0 radical (unpaired) electrons. The minimum atomic E-state index is -3.44. The Morgan fingerprint density at radius 1 is 1.12 bits per heavy atom. The summed E-state index contributed by atoms with van der Waals surface area (Å²) in [7, 11) is -3.44. The van der Waals surface area contributed by atoms with E-state index in [4.69, 9.17) is 0 Å². The summed E-state index contributed by atoms with van der Waals surface area (Å²) in [5.41, 5.74) is 0.631. The molecule has 7 heteroatoms. The molecular formula is C17H22FNO4S. The maximum Gasteiger partial charge on any atom is 0.217 e. The van der Waals surface area contributed by atoms with Gasteiger partial charge in [-0.1, -0.05) is 0 Å². The van der Waals surface area contributed by atoms with Gasteiger partial charge >= 0.3 is 0 Å². The molecule has 132 valence electrons. The molecule has 0 aromatic heterocycles. The summed E-state index contributed by atoms with van der Waals surface area (Å²) >= 11 is 0. The van der Waals surface area contributed by atoms with Gasteiger partial charge in [0.25, 0.3) is 0 Å². The van der Waals surface area contributed by atoms with E-state index >= 15 is 0 Å². The number of ketones is 1. The van der Waals surface area contributed by atoms with Crippen LogP contribution in [0, 0.1) is 5.82 Å². The van der Waals surface area contributed by atoms with Gasteiger partial charge in [0.2, 0.25) is 10.0 Å². The molecule has 0 spiro atoms. The van der Waals surface area contributed by atoms with Crippen molar-refractivity contribution in [3.05, 3.63) is 29.6 Å². The zero-order valence-electron chi connectivity index (χ0n) is 13.4. The predicted molar refractivity (Wildman–Crippen MR) is 87.8 cm³/mol. The molecular weight excluding hydrogens is 333 g/mol. The van der Waals surface area contributed by atoms with Crippen LogP contribution in [-0.2, 0) is 14.8 Å². The molecule has 0 bridgehead atoms. The standard InChI is InChI=1S/C17H22FNO4S/c18-14-8-13(9-16(21)10-14)12-2-1-7-19(11-12)24(22,23)17-5-3-15(20)4-6-17/h8-10,12,17,21H,1-7,11H2. The first-order chi connectivity index (χ1) is 11.4. The fourth-order valence-corrected chi connectivity index (χ4v) is 5.72. The highest BCUT2D eigenvalue weighted by molar-refractivity contribution is 7.89. The Kier molecular flexibility index (Phi) is 4.92. The fourth-order valence-electron chi connectivity index (χ4n) is 3.70. The molecule has 1 aromatic rings. The third-order valence-corrected chi connectivity index (χ3v) is 7.40. The van der Waals surface area contributed by atoms with Gasteiger partial charge in [-0.05, 0) is 49.3 Å². The van der Waals surface area contributed by atoms with Crippen LogP contribution in [0.1, 0.15) is 50.0 Å². The van der Waals surface area contributed by atoms with Crippen LogP contribution in [0.3, 0.4) is 0 Å². The number of piperidine rings is 1. The SMILES string of the molecule is O=C1CCC(S(=O)(=O)N2CCCC(c3cc(O)cc(F)c3)C2)CC1. The van der Waals surface area contributed by atoms with Crippen molar-refractivity contribution in [3.8, 4) is 5.75 Å². The van der Waals surface area contributed by atoms with Crippen molar-refractivity contribution < 1.29 is 22.7 Å². The average molecular weight is 355 g/mol. The van der Waals surface area contributed by atoms with Crippen LogP contribution < -0.4 is 0 Å². The summed E-state index contributed by atoms with van der Waals surface area (Å²) in [6, 6.07) is 3.91. The van der Waals surface area contributed by atoms with Crippen molar-refractivity contribution in [2.24, 2.45) is 0 Å². The first-order valence-corrected chi connectivity index (χ1v) is 9.86. The molecule has 24 heavy (non-hydrogen) atoms. The number of carbonyl (C=O) groups is 1. The van der Waals surface area contributed by atoms with E-state index in [9.17, 15) is 22.7 Å². The molecule has 2 aliphatic rings. The number of phenols is 1. The normalized spacial score (nSPS) is 24.2. The third-order valence-electron chi connectivity index (χ3n) is 5.03. The maximum atomic E-state index is 13.5. The number of sulfonamides is 1. The van der Waals surface area contributed by atoms with Crippen LogP contribution >= 0.6 is 0 Å². The molecule has 1 aliphatic heterocycles. The Hall–Kier alpha value is -1.47. The molecule has 2 fully saturated rings. The number of hydrogen-bond acceptors (Lipinski definition) is 4. The second-order valence-corrected chi connectivity index (χ2v) is 8.94. The quantitative estimate of drug-likeness (QED) is 0.904. The van der Waals surface area contributed by atoms with Gasteiger partial charge in [0, 0.05) is 32.0 Å². The van der Waals surface area contributed by atoms with E-state index in [-0.39, 0.29) is 17.5 Å². The van der Waals surface area contributed by atoms with Gasteiger partial charge < -0.3 is 5.11 Å². The monoisotopic (exact) mass is 355 g/mol. The largest absolute Gasteiger partial charge is 0.508 e. The smallest absolute Gasteiger partial charge is 0.217 e. The van der Waals surface area contributed by atoms with Crippen LogP contribution in [-0.4, -0.2) is 42.0 Å². The molecule has 1 unspecified atom stereocenters. The summed E-state index contributed by atoms with van der Waals surface area (Å²) in [5, 5.41) is 9.08. The lowest BCUT2D eigenvalue weighted by Crippen LogP contribution is -2.45. The third kappa shape index (κ3) is 3.62. The van der Waals surface area contributed by atoms with E-state index in [1.165, 1.54) is 16.4 Å². The van der Waals surface area contributed by atoms with Gasteiger partial charge in [-0.25, -0.2) is 17.1 Å². The fraction of sp³-hybridized carbons (Fsp3) is 0.588. The second-order valence-electron chi connectivity index (χ2n) is 6.72. The molecule has 1 saturated heterocycles. The van der Waals surface area contributed by atoms with Crippen molar-refractivity contribution in [1.29, 1.82) is 0 Å². The number of Topliss-reactive ketones (excluding diaryl/α,β-unsaturated/α-hetero) is 1. The highest BCUT2D eigenvalue weighted by Gasteiger charge is 2.37. The number of nitrogens with zero attached hydrogens (tertiary/aromatic N) is 1. The summed E-state index contributed by atoms with van der Waals surface area (Å²) in [4.78, 5) is 11.3. The zero-order chi connectivity index (χ0) is 17.3. The summed E-state index contributed by atoms with van der Waals surface area (Å²) in [6.07, 6.45) is 2.91. The van der Waals surface area contributed by atoms with Gasteiger partial charge in [-0.3, -0.25) is 4.79 Å². The van der Waals surface area contributed by atoms with Crippen LogP contribution in [0.15, 0.2) is 18.2 Å². The number of hydrogen-bond donors (Lipinski definition) is 1. The predicted octanol–water partition coefficient (Wildman–Crippen LogP) is 2.55. The number of benzene rings is 1. The molecule has 1 heterocycles. The first kappa shape index (κ1) is 17.4. The van der Waals surface area contributed by atoms with Gasteiger partial charge in [0.15, 0.2) is 0 Å². The molecule has 1 N–H and O–H groups in total. The van der Waals surface area contributed by atoms with Gasteiger partial charge in [0.05, 0.1) is 5.25 Å². The van der Waals surface area contributed by atoms with Gasteiger partial charge in [-0.2, -0.15) is 0 Å². The van der Waals surface area contributed by atoms with E-state index in [1.807, 2.05) is 0 Å². The second kappa shape index (κ2) is 6.80. The lowest BCUT2D eigenvalue weighted by Gasteiger charge is -2.35. The highest BCUT2D eigenvalue weighted by Crippen LogP contribution is 2.33. The summed E-state index contributed by atoms with van der Waals surface area (Å²) in [6.45, 7) is 0.764. The van der Waals surface area contributed by atoms with Crippen LogP contribution in [0.2, 0.25) is 0 Å². The van der Waals surface area contributed by atoms with E-state index in [0.29, 0.717) is 50.8 Å². The van der Waals surface area contributed by atoms with Crippen molar-refractivity contribution >= 4 is 15.8 Å². The highest BCUT2D eigenvalue weighted by atomic mass is 32.2. The molecule has 1 aromatic carbocycles. The lowest BCUT2D eigenvalue weighted by atomic mass is 9.91. The summed E-state index contributed by atoms with van der Waals surface area (Å²) in [5.74, 6) is -0.653. The van der Waals surface area contributed by atoms with E-state index < -0.39 is 21.1 Å². The first-order valence-electron chi connectivity index (χ1n) is 8.36. The van der Waals surface area contributed by atoms with Crippen molar-refractivity contribution in [3.63, 3.8) is 0 Å². The number of phenolic OH excluding ortho intramolecular Hbond substituents is 1. The van der Waals surface area contributed by atoms with E-state index in [2.05, 4.69) is 0 Å². The lowest BCUT2D eigenvalue weighted by molar-refractivity contribution is -0.120. The average Bonchev–Trinajstić information content (AvgIpc) is 2.54. The Morgan fingerprint density at radius 2 is 1.83 bits per heavy atom. The molecule has 1 aliphatic carbocycles. The van der Waals surface area contributed by atoms with Gasteiger partial charge in [-0.15, -0.1) is 0 Å². The van der Waals surface area contributed by atoms with E-state index in [0.717, 1.165) is 12.5 Å². The molecule has 3 rings (SSSR count). The Bertz CT molecular complexity index is 704. The Morgan fingerprint density at radius 3 is 2.50 bits per heavy atom. The number of halogens is 1. The zero-order valence-corrected chi connectivity index (χ0v) is 14.3. The van der Waals surface area contributed by atoms with E-state index in [1.54, 1.807) is 0 Å². The van der Waals surface area contributed by atoms with Crippen molar-refractivity contribution in [2.75, 3.05) is 13.1 Å². The molecule has 1 atom stereocenters. The number of carbonyl (C=O) groups excluding carboxylic acids is 1. The molecule has 0 amide bonds. The number of rotatable bonds is 3. The van der Waals surface area contributed by atoms with Crippen LogP contribution in [0.4, 0.5) is 4.39 Å². The number of aromatic hydroxyl groups is 1. The van der Waals surface area contributed by atoms with Crippen molar-refractivity contribution in [1.82, 2.24) is 4.31 Å². The minimum absolute atomic E-state index is 0.125. The van der Waals surface area contributed by atoms with Crippen LogP contribution in [0.25, 0.3) is 0 Å².